The number of fused-ring (bicyclic) bond motifs is 1. The number of pyridine rings is 1. The smallest absolute Gasteiger partial charge is 0.407 e. The lowest BCUT2D eigenvalue weighted by molar-refractivity contribution is -0.0789. The molecule has 3 fully saturated rings. The molecule has 2 N–H and O–H groups in total. The molecular weight excluding hydrogens is 566 g/mol. The molecule has 1 saturated heterocycles. The quantitative estimate of drug-likeness (QED) is 0.365. The summed E-state index contributed by atoms with van der Waals surface area (Å²) in [6.07, 6.45) is 6.85. The summed E-state index contributed by atoms with van der Waals surface area (Å²) >= 11 is 0. The van der Waals surface area contributed by atoms with E-state index in [1.807, 2.05) is 6.92 Å². The Bertz CT molecular complexity index is 1730. The maximum atomic E-state index is 14.1. The Morgan fingerprint density at radius 1 is 1.09 bits per heavy atom. The van der Waals surface area contributed by atoms with Crippen LogP contribution < -0.4 is 10.9 Å². The van der Waals surface area contributed by atoms with Crippen LogP contribution in [0.25, 0.3) is 11.0 Å². The third-order valence-corrected chi connectivity index (χ3v) is 12.3. The van der Waals surface area contributed by atoms with Gasteiger partial charge >= 0.3 is 6.09 Å². The monoisotopic (exact) mass is 607 g/mol. The molecule has 43 heavy (non-hydrogen) atoms. The minimum atomic E-state index is -3.63. The molecule has 6 rings (SSSR count). The zero-order valence-electron chi connectivity index (χ0n) is 25.3. The number of nitrogens with zero attached hydrogens (tertiary/aromatic N) is 4. The highest BCUT2D eigenvalue weighted by molar-refractivity contribution is 7.92. The van der Waals surface area contributed by atoms with E-state index in [4.69, 9.17) is 4.98 Å². The molecule has 2 atom stereocenters. The third kappa shape index (κ3) is 5.19. The van der Waals surface area contributed by atoms with Gasteiger partial charge < -0.3 is 15.3 Å². The Morgan fingerprint density at radius 2 is 1.79 bits per heavy atom. The van der Waals surface area contributed by atoms with Crippen LogP contribution in [0.15, 0.2) is 46.2 Å². The minimum absolute atomic E-state index is 0.0615. The van der Waals surface area contributed by atoms with Crippen molar-refractivity contribution in [3.63, 3.8) is 0 Å². The number of carboxylic acid groups (broad SMARTS) is 1. The summed E-state index contributed by atoms with van der Waals surface area (Å²) < 4.78 is 29.9. The number of aryl methyl sites for hydroxylation is 1. The number of anilines is 2. The van der Waals surface area contributed by atoms with Crippen molar-refractivity contribution in [2.45, 2.75) is 88.8 Å². The van der Waals surface area contributed by atoms with E-state index in [9.17, 15) is 23.1 Å². The maximum absolute atomic E-state index is 14.1. The van der Waals surface area contributed by atoms with Crippen LogP contribution >= 0.6 is 0 Å². The first-order chi connectivity index (χ1) is 20.3. The van der Waals surface area contributed by atoms with Crippen molar-refractivity contribution in [1.29, 1.82) is 0 Å². The van der Waals surface area contributed by atoms with E-state index in [0.717, 1.165) is 36.6 Å². The molecule has 1 aliphatic heterocycles. The molecule has 3 heterocycles. The van der Waals surface area contributed by atoms with Gasteiger partial charge in [0.15, 0.2) is 9.84 Å². The molecule has 0 bridgehead atoms. The van der Waals surface area contributed by atoms with Crippen molar-refractivity contribution in [2.75, 3.05) is 18.4 Å². The largest absolute Gasteiger partial charge is 0.465 e. The second-order valence-corrected chi connectivity index (χ2v) is 16.0. The van der Waals surface area contributed by atoms with Gasteiger partial charge in [-0.25, -0.2) is 18.2 Å². The molecule has 2 aliphatic carbocycles. The number of benzene rings is 1. The predicted molar refractivity (Wildman–Crippen MR) is 166 cm³/mol. The van der Waals surface area contributed by atoms with Gasteiger partial charge in [-0.15, -0.1) is 0 Å². The van der Waals surface area contributed by atoms with E-state index in [2.05, 4.69) is 31.1 Å². The summed E-state index contributed by atoms with van der Waals surface area (Å²) in [4.78, 5) is 35.2. The van der Waals surface area contributed by atoms with Gasteiger partial charge in [-0.2, -0.15) is 4.98 Å². The number of rotatable bonds is 5. The standard InChI is InChI=1S/C32H41N5O5S/c1-20-17-23(43(41,42)25-18-32(27(25)31(2,3)4)13-15-36(16-14-32)30(39)40)10-11-24(20)34-29-33-19-21-9-12-26(38)37(28(21)35-29)22-7-5-6-8-22/h9-12,17,19,22,25,27H,5-8,13-16,18H2,1-4H3,(H,39,40)(H,33,34,35). The zero-order chi connectivity index (χ0) is 30.7. The molecule has 0 radical (unpaired) electrons. The molecule has 11 heteroatoms. The van der Waals surface area contributed by atoms with Crippen molar-refractivity contribution in [3.05, 3.63) is 52.4 Å². The fraction of sp³-hybridized carbons (Fsp3) is 0.562. The van der Waals surface area contributed by atoms with Crippen LogP contribution in [-0.2, 0) is 9.84 Å². The van der Waals surface area contributed by atoms with Crippen molar-refractivity contribution >= 4 is 38.6 Å². The maximum Gasteiger partial charge on any atom is 0.407 e. The van der Waals surface area contributed by atoms with Crippen LogP contribution in [0, 0.1) is 23.7 Å². The fourth-order valence-corrected chi connectivity index (χ4v) is 10.7. The van der Waals surface area contributed by atoms with Crippen LogP contribution in [0.3, 0.4) is 0 Å². The van der Waals surface area contributed by atoms with Crippen molar-refractivity contribution in [3.8, 4) is 0 Å². The van der Waals surface area contributed by atoms with Gasteiger partial charge in [0.25, 0.3) is 5.56 Å². The number of aromatic nitrogens is 3. The highest BCUT2D eigenvalue weighted by atomic mass is 32.2. The molecule has 2 aromatic heterocycles. The van der Waals surface area contributed by atoms with E-state index in [1.165, 1.54) is 4.90 Å². The lowest BCUT2D eigenvalue weighted by atomic mass is 9.48. The molecule has 2 saturated carbocycles. The van der Waals surface area contributed by atoms with Gasteiger partial charge in [0.05, 0.1) is 10.1 Å². The highest BCUT2D eigenvalue weighted by Crippen LogP contribution is 2.62. The third-order valence-electron chi connectivity index (χ3n) is 10.1. The molecule has 10 nitrogen and oxygen atoms in total. The van der Waals surface area contributed by atoms with Gasteiger partial charge in [0.1, 0.15) is 5.65 Å². The lowest BCUT2D eigenvalue weighted by Crippen LogP contribution is -2.63. The van der Waals surface area contributed by atoms with E-state index in [0.29, 0.717) is 54.5 Å². The Morgan fingerprint density at radius 3 is 2.42 bits per heavy atom. The first kappa shape index (κ1) is 29.6. The zero-order valence-corrected chi connectivity index (χ0v) is 26.2. The minimum Gasteiger partial charge on any atom is -0.465 e. The number of carbonyl (C=O) groups is 1. The van der Waals surface area contributed by atoms with Crippen molar-refractivity contribution in [2.24, 2.45) is 16.7 Å². The number of amides is 1. The van der Waals surface area contributed by atoms with E-state index >= 15 is 0 Å². The topological polar surface area (TPSA) is 134 Å². The predicted octanol–water partition coefficient (Wildman–Crippen LogP) is 5.93. The second kappa shape index (κ2) is 10.6. The first-order valence-corrected chi connectivity index (χ1v) is 16.8. The average molecular weight is 608 g/mol. The van der Waals surface area contributed by atoms with Crippen LogP contribution in [0.5, 0.6) is 0 Å². The Kier molecular flexibility index (Phi) is 7.30. The summed E-state index contributed by atoms with van der Waals surface area (Å²) in [6, 6.07) is 8.59. The number of sulfone groups is 1. The molecule has 2 unspecified atom stereocenters. The molecule has 230 valence electrons. The lowest BCUT2D eigenvalue weighted by Gasteiger charge is -2.62. The fourth-order valence-electron chi connectivity index (χ4n) is 8.17. The van der Waals surface area contributed by atoms with Crippen LogP contribution in [0.2, 0.25) is 0 Å². The van der Waals surface area contributed by atoms with Gasteiger partial charge in [0.2, 0.25) is 5.95 Å². The normalized spacial score (nSPS) is 22.6. The summed E-state index contributed by atoms with van der Waals surface area (Å²) in [6.45, 7) is 9.04. The molecular formula is C32H41N5O5S. The van der Waals surface area contributed by atoms with Crippen LogP contribution in [-0.4, -0.2) is 57.4 Å². The Hall–Kier alpha value is -3.47. The highest BCUT2D eigenvalue weighted by Gasteiger charge is 2.62. The summed E-state index contributed by atoms with van der Waals surface area (Å²) in [5, 5.41) is 12.9. The van der Waals surface area contributed by atoms with Gasteiger partial charge in [-0.05, 0) is 85.6 Å². The molecule has 3 aliphatic rings. The van der Waals surface area contributed by atoms with Crippen LogP contribution in [0.4, 0.5) is 16.4 Å². The van der Waals surface area contributed by atoms with Crippen molar-refractivity contribution in [1.82, 2.24) is 19.4 Å². The Labute approximate surface area is 252 Å². The van der Waals surface area contributed by atoms with Gasteiger partial charge in [-0.1, -0.05) is 33.6 Å². The van der Waals surface area contributed by atoms with Crippen molar-refractivity contribution < 1.29 is 18.3 Å². The van der Waals surface area contributed by atoms with E-state index in [-0.39, 0.29) is 28.3 Å². The van der Waals surface area contributed by atoms with Gasteiger partial charge in [0, 0.05) is 42.5 Å². The summed E-state index contributed by atoms with van der Waals surface area (Å²) in [5.41, 5.74) is 1.59. The number of hydrogen-bond acceptors (Lipinski definition) is 7. The number of nitrogens with one attached hydrogen (secondary N) is 1. The number of hydrogen-bond donors (Lipinski definition) is 2. The Balaban J connectivity index is 1.25. The number of likely N-dealkylation sites (tertiary alicyclic amines) is 1. The van der Waals surface area contributed by atoms with E-state index < -0.39 is 21.2 Å². The number of piperidine rings is 1. The van der Waals surface area contributed by atoms with Gasteiger partial charge in [-0.3, -0.25) is 9.36 Å². The second-order valence-electron chi connectivity index (χ2n) is 13.8. The molecule has 1 spiro atoms. The average Bonchev–Trinajstić information content (AvgIpc) is 3.46. The molecule has 3 aromatic rings. The van der Waals surface area contributed by atoms with E-state index in [1.54, 1.807) is 41.1 Å². The summed E-state index contributed by atoms with van der Waals surface area (Å²) in [5.74, 6) is 0.285. The summed E-state index contributed by atoms with van der Waals surface area (Å²) in [7, 11) is -3.63. The SMILES string of the molecule is Cc1cc(S(=O)(=O)C2CC3(CCN(C(=O)O)CC3)C2C(C)(C)C)ccc1Nc1ncc2ccc(=O)n(C3CCCC3)c2n1. The first-order valence-electron chi connectivity index (χ1n) is 15.3. The molecule has 1 aromatic carbocycles. The molecule has 1 amide bonds. The van der Waals surface area contributed by atoms with Crippen LogP contribution in [0.1, 0.15) is 77.3 Å².